The van der Waals surface area contributed by atoms with E-state index in [2.05, 4.69) is 0 Å². The number of anilines is 1. The highest BCUT2D eigenvalue weighted by Crippen LogP contribution is 2.23. The first-order chi connectivity index (χ1) is 9.41. The van der Waals surface area contributed by atoms with Crippen LogP contribution in [0.4, 0.5) is 10.1 Å². The number of aromatic nitrogens is 1. The van der Waals surface area contributed by atoms with Gasteiger partial charge >= 0.3 is 0 Å². The van der Waals surface area contributed by atoms with E-state index >= 15 is 0 Å². The fraction of sp³-hybridized carbons (Fsp3) is 0.267. The molecule has 2 aromatic rings. The average Bonchev–Trinajstić information content (AvgIpc) is 2.76. The Kier molecular flexibility index (Phi) is 3.79. The summed E-state index contributed by atoms with van der Waals surface area (Å²) in [5, 5.41) is 0. The van der Waals surface area contributed by atoms with E-state index in [1.807, 2.05) is 0 Å². The quantitative estimate of drug-likeness (QED) is 0.936. The molecule has 0 saturated heterocycles. The molecule has 0 spiro atoms. The van der Waals surface area contributed by atoms with Gasteiger partial charge in [-0.2, -0.15) is 0 Å². The fourth-order valence-electron chi connectivity index (χ4n) is 2.18. The molecule has 1 atom stereocenters. The van der Waals surface area contributed by atoms with E-state index in [9.17, 15) is 9.18 Å². The minimum atomic E-state index is -0.361. The molecule has 1 unspecified atom stereocenters. The molecular formula is C15H18FN3O. The minimum absolute atomic E-state index is 0.194. The van der Waals surface area contributed by atoms with Crippen LogP contribution in [0.3, 0.4) is 0 Å². The number of nitrogens with two attached hydrogens (primary N) is 1. The molecular weight excluding hydrogens is 257 g/mol. The van der Waals surface area contributed by atoms with Crippen molar-refractivity contribution in [3.05, 3.63) is 53.6 Å². The number of amides is 1. The van der Waals surface area contributed by atoms with Crippen LogP contribution in [0.1, 0.15) is 29.0 Å². The maximum atomic E-state index is 13.8. The fourth-order valence-corrected chi connectivity index (χ4v) is 2.18. The summed E-state index contributed by atoms with van der Waals surface area (Å²) in [6, 6.07) is 7.72. The van der Waals surface area contributed by atoms with Crippen LogP contribution in [0, 0.1) is 5.82 Å². The van der Waals surface area contributed by atoms with Crippen molar-refractivity contribution in [1.29, 1.82) is 0 Å². The number of halogens is 1. The van der Waals surface area contributed by atoms with E-state index in [4.69, 9.17) is 5.73 Å². The molecule has 0 radical (unpaired) electrons. The third kappa shape index (κ3) is 2.52. The Labute approximate surface area is 117 Å². The van der Waals surface area contributed by atoms with Gasteiger partial charge in [0, 0.05) is 25.9 Å². The molecule has 0 aliphatic carbocycles. The number of benzene rings is 1. The Morgan fingerprint density at radius 1 is 1.40 bits per heavy atom. The van der Waals surface area contributed by atoms with Gasteiger partial charge in [-0.05, 0) is 19.1 Å². The van der Waals surface area contributed by atoms with Crippen molar-refractivity contribution in [3.63, 3.8) is 0 Å². The van der Waals surface area contributed by atoms with Crippen LogP contribution < -0.4 is 5.73 Å². The van der Waals surface area contributed by atoms with E-state index in [0.717, 1.165) is 0 Å². The van der Waals surface area contributed by atoms with Crippen LogP contribution in [-0.2, 0) is 7.05 Å². The van der Waals surface area contributed by atoms with Gasteiger partial charge in [-0.25, -0.2) is 4.39 Å². The second kappa shape index (κ2) is 5.36. The average molecular weight is 275 g/mol. The summed E-state index contributed by atoms with van der Waals surface area (Å²) in [6.45, 7) is 1.79. The highest BCUT2D eigenvalue weighted by Gasteiger charge is 2.22. The molecule has 20 heavy (non-hydrogen) atoms. The summed E-state index contributed by atoms with van der Waals surface area (Å²) in [4.78, 5) is 13.9. The number of nitrogens with zero attached hydrogens (tertiary/aromatic N) is 2. The maximum absolute atomic E-state index is 13.8. The molecule has 4 nitrogen and oxygen atoms in total. The number of rotatable bonds is 3. The van der Waals surface area contributed by atoms with Crippen LogP contribution in [0.5, 0.6) is 0 Å². The van der Waals surface area contributed by atoms with Crippen molar-refractivity contribution >= 4 is 11.6 Å². The zero-order valence-corrected chi connectivity index (χ0v) is 11.8. The van der Waals surface area contributed by atoms with Gasteiger partial charge < -0.3 is 15.2 Å². The molecule has 0 saturated carbocycles. The zero-order chi connectivity index (χ0) is 14.9. The largest absolute Gasteiger partial charge is 0.397 e. The van der Waals surface area contributed by atoms with E-state index in [1.54, 1.807) is 56.0 Å². The molecule has 5 heteroatoms. The Morgan fingerprint density at radius 3 is 2.60 bits per heavy atom. The number of carbonyl (C=O) groups excluding carboxylic acids is 1. The summed E-state index contributed by atoms with van der Waals surface area (Å²) < 4.78 is 15.5. The highest BCUT2D eigenvalue weighted by atomic mass is 19.1. The lowest BCUT2D eigenvalue weighted by Crippen LogP contribution is -2.31. The summed E-state index contributed by atoms with van der Waals surface area (Å²) in [6.07, 6.45) is 1.68. The van der Waals surface area contributed by atoms with Crippen molar-refractivity contribution in [2.24, 2.45) is 7.05 Å². The maximum Gasteiger partial charge on any atom is 0.270 e. The summed E-state index contributed by atoms with van der Waals surface area (Å²) in [5.41, 5.74) is 7.18. The molecule has 1 aromatic heterocycles. The standard InChI is InChI=1S/C15H18FN3O/c1-10(12-6-4-5-7-13(12)16)19(3)15(20)14-8-11(17)9-18(14)2/h4-10H,17H2,1-3H3. The zero-order valence-electron chi connectivity index (χ0n) is 11.8. The third-order valence-corrected chi connectivity index (χ3v) is 3.50. The first-order valence-electron chi connectivity index (χ1n) is 6.35. The minimum Gasteiger partial charge on any atom is -0.397 e. The molecule has 1 amide bonds. The molecule has 0 aliphatic heterocycles. The van der Waals surface area contributed by atoms with Gasteiger partial charge in [-0.15, -0.1) is 0 Å². The van der Waals surface area contributed by atoms with E-state index in [-0.39, 0.29) is 17.8 Å². The van der Waals surface area contributed by atoms with E-state index in [0.29, 0.717) is 16.9 Å². The summed E-state index contributed by atoms with van der Waals surface area (Å²) in [7, 11) is 3.41. The van der Waals surface area contributed by atoms with Gasteiger partial charge in [0.25, 0.3) is 5.91 Å². The lowest BCUT2D eigenvalue weighted by Gasteiger charge is -2.25. The molecule has 2 rings (SSSR count). The lowest BCUT2D eigenvalue weighted by molar-refractivity contribution is 0.0731. The number of carbonyl (C=O) groups is 1. The molecule has 1 heterocycles. The summed E-state index contributed by atoms with van der Waals surface area (Å²) in [5.74, 6) is -0.508. The van der Waals surface area contributed by atoms with Gasteiger partial charge in [0.2, 0.25) is 0 Å². The van der Waals surface area contributed by atoms with Gasteiger partial charge in [-0.3, -0.25) is 4.79 Å². The van der Waals surface area contributed by atoms with Gasteiger partial charge in [0.05, 0.1) is 11.7 Å². The van der Waals surface area contributed by atoms with Crippen LogP contribution >= 0.6 is 0 Å². The topological polar surface area (TPSA) is 51.3 Å². The van der Waals surface area contributed by atoms with E-state index < -0.39 is 0 Å². The number of aryl methyl sites for hydroxylation is 1. The molecule has 106 valence electrons. The van der Waals surface area contributed by atoms with Crippen LogP contribution in [0.2, 0.25) is 0 Å². The Morgan fingerprint density at radius 2 is 2.05 bits per heavy atom. The normalized spacial score (nSPS) is 12.2. The van der Waals surface area contributed by atoms with Crippen molar-refractivity contribution < 1.29 is 9.18 Å². The Balaban J connectivity index is 2.27. The molecule has 0 aliphatic rings. The van der Waals surface area contributed by atoms with Crippen molar-refractivity contribution in [1.82, 2.24) is 9.47 Å². The molecule has 2 N–H and O–H groups in total. The molecule has 0 fully saturated rings. The Bertz CT molecular complexity index is 636. The highest BCUT2D eigenvalue weighted by molar-refractivity contribution is 5.93. The Hall–Kier alpha value is -2.30. The monoisotopic (exact) mass is 275 g/mol. The first-order valence-corrected chi connectivity index (χ1v) is 6.35. The van der Waals surface area contributed by atoms with Gasteiger partial charge in [0.15, 0.2) is 0 Å². The predicted octanol–water partition coefficient (Wildman–Crippen LogP) is 2.58. The van der Waals surface area contributed by atoms with Gasteiger partial charge in [0.1, 0.15) is 11.5 Å². The summed E-state index contributed by atoms with van der Waals surface area (Å²) >= 11 is 0. The van der Waals surface area contributed by atoms with Gasteiger partial charge in [-0.1, -0.05) is 18.2 Å². The van der Waals surface area contributed by atoms with Crippen molar-refractivity contribution in [3.8, 4) is 0 Å². The van der Waals surface area contributed by atoms with Crippen LogP contribution in [0.15, 0.2) is 36.5 Å². The molecule has 1 aromatic carbocycles. The predicted molar refractivity (Wildman–Crippen MR) is 76.7 cm³/mol. The van der Waals surface area contributed by atoms with Crippen LogP contribution in [0.25, 0.3) is 0 Å². The first kappa shape index (κ1) is 14.1. The van der Waals surface area contributed by atoms with Crippen LogP contribution in [-0.4, -0.2) is 22.4 Å². The lowest BCUT2D eigenvalue weighted by atomic mass is 10.1. The second-order valence-electron chi connectivity index (χ2n) is 4.88. The third-order valence-electron chi connectivity index (χ3n) is 3.50. The number of hydrogen-bond acceptors (Lipinski definition) is 2. The SMILES string of the molecule is CC(c1ccccc1F)N(C)C(=O)c1cc(N)cn1C. The van der Waals surface area contributed by atoms with Crippen molar-refractivity contribution in [2.45, 2.75) is 13.0 Å². The second-order valence-corrected chi connectivity index (χ2v) is 4.88. The van der Waals surface area contributed by atoms with E-state index in [1.165, 1.54) is 11.0 Å². The number of nitrogen functional groups attached to an aromatic ring is 1. The smallest absolute Gasteiger partial charge is 0.270 e. The number of hydrogen-bond donors (Lipinski definition) is 1. The molecule has 0 bridgehead atoms. The van der Waals surface area contributed by atoms with Crippen molar-refractivity contribution in [2.75, 3.05) is 12.8 Å².